The molecule has 7 heteroatoms. The minimum atomic E-state index is -1.07. The average Bonchev–Trinajstić information content (AvgIpc) is 2.76. The van der Waals surface area contributed by atoms with E-state index in [2.05, 4.69) is 5.32 Å². The summed E-state index contributed by atoms with van der Waals surface area (Å²) in [5.74, 6) is 0.487. The van der Waals surface area contributed by atoms with Crippen molar-refractivity contribution in [1.82, 2.24) is 5.32 Å². The monoisotopic (exact) mass is 401 g/mol. The van der Waals surface area contributed by atoms with E-state index in [9.17, 15) is 20.1 Å². The Morgan fingerprint density at radius 1 is 1.14 bits per heavy atom. The predicted octanol–water partition coefficient (Wildman–Crippen LogP) is 1.43. The molecule has 1 amide bonds. The lowest BCUT2D eigenvalue weighted by molar-refractivity contribution is -0.179. The molecule has 156 valence electrons. The van der Waals surface area contributed by atoms with Crippen LogP contribution in [0, 0.1) is 0 Å². The Bertz CT molecular complexity index is 784. The van der Waals surface area contributed by atoms with Crippen LogP contribution in [0.25, 0.3) is 0 Å². The van der Waals surface area contributed by atoms with Crippen LogP contribution in [-0.2, 0) is 4.74 Å². The highest BCUT2D eigenvalue weighted by Gasteiger charge is 2.37. The maximum atomic E-state index is 12.0. The fraction of sp³-hybridized carbons (Fsp3) is 0.409. The second-order valence-corrected chi connectivity index (χ2v) is 7.05. The third kappa shape index (κ3) is 5.77. The van der Waals surface area contributed by atoms with Crippen LogP contribution in [0.4, 0.5) is 0 Å². The van der Waals surface area contributed by atoms with Crippen LogP contribution in [0.3, 0.4) is 0 Å². The van der Waals surface area contributed by atoms with Crippen LogP contribution in [0.15, 0.2) is 54.6 Å². The summed E-state index contributed by atoms with van der Waals surface area (Å²) in [4.78, 5) is 12.0. The summed E-state index contributed by atoms with van der Waals surface area (Å²) in [5, 5.41) is 32.4. The minimum absolute atomic E-state index is 0.118. The van der Waals surface area contributed by atoms with Gasteiger partial charge >= 0.3 is 0 Å². The van der Waals surface area contributed by atoms with Crippen LogP contribution < -0.4 is 10.1 Å². The summed E-state index contributed by atoms with van der Waals surface area (Å²) >= 11 is 0. The van der Waals surface area contributed by atoms with E-state index in [1.54, 1.807) is 36.4 Å². The van der Waals surface area contributed by atoms with E-state index >= 15 is 0 Å². The molecule has 1 unspecified atom stereocenters. The number of carbonyl (C=O) groups excluding carboxylic acids is 1. The molecule has 0 aromatic heterocycles. The molecule has 4 N–H and O–H groups in total. The summed E-state index contributed by atoms with van der Waals surface area (Å²) in [6.07, 6.45) is -2.44. The van der Waals surface area contributed by atoms with Gasteiger partial charge in [0.25, 0.3) is 5.91 Å². The van der Waals surface area contributed by atoms with Crippen molar-refractivity contribution in [3.8, 4) is 5.75 Å². The van der Waals surface area contributed by atoms with Crippen molar-refractivity contribution in [3.63, 3.8) is 0 Å². The molecule has 2 aromatic rings. The van der Waals surface area contributed by atoms with Crippen LogP contribution in [0.1, 0.15) is 34.9 Å². The van der Waals surface area contributed by atoms with Crippen molar-refractivity contribution >= 4 is 5.91 Å². The van der Waals surface area contributed by atoms with E-state index < -0.39 is 24.4 Å². The highest BCUT2D eigenvalue weighted by atomic mass is 16.5. The minimum Gasteiger partial charge on any atom is -0.494 e. The average molecular weight is 401 g/mol. The SMILES string of the molecule is O=C(NCCCOc1cccc(C2O[C@H](CO)C[C@H](O)[C@@H]2O)c1)c1ccccc1. The van der Waals surface area contributed by atoms with Crippen molar-refractivity contribution in [3.05, 3.63) is 65.7 Å². The van der Waals surface area contributed by atoms with Gasteiger partial charge in [-0.25, -0.2) is 0 Å². The topological polar surface area (TPSA) is 108 Å². The van der Waals surface area contributed by atoms with E-state index in [0.29, 0.717) is 36.4 Å². The normalized spacial score (nSPS) is 24.1. The number of aliphatic hydroxyl groups excluding tert-OH is 3. The number of nitrogens with one attached hydrogen (secondary N) is 1. The van der Waals surface area contributed by atoms with Crippen molar-refractivity contribution in [2.75, 3.05) is 19.8 Å². The lowest BCUT2D eigenvalue weighted by Gasteiger charge is -2.36. The fourth-order valence-corrected chi connectivity index (χ4v) is 3.28. The molecule has 1 fully saturated rings. The lowest BCUT2D eigenvalue weighted by Crippen LogP contribution is -2.44. The second-order valence-electron chi connectivity index (χ2n) is 7.05. The molecule has 0 spiro atoms. The molecule has 29 heavy (non-hydrogen) atoms. The highest BCUT2D eigenvalue weighted by Crippen LogP contribution is 2.33. The Kier molecular flexibility index (Phi) is 7.60. The summed E-state index contributed by atoms with van der Waals surface area (Å²) in [5.41, 5.74) is 1.29. The Labute approximate surface area is 169 Å². The van der Waals surface area contributed by atoms with Gasteiger partial charge in [-0.2, -0.15) is 0 Å². The second kappa shape index (κ2) is 10.4. The summed E-state index contributed by atoms with van der Waals surface area (Å²) in [7, 11) is 0. The molecule has 2 aromatic carbocycles. The van der Waals surface area contributed by atoms with Gasteiger partial charge in [-0.15, -0.1) is 0 Å². The van der Waals surface area contributed by atoms with Crippen LogP contribution in [-0.4, -0.2) is 59.3 Å². The first-order valence-corrected chi connectivity index (χ1v) is 9.77. The van der Waals surface area contributed by atoms with Gasteiger partial charge in [0.1, 0.15) is 18.0 Å². The van der Waals surface area contributed by atoms with Gasteiger partial charge in [0, 0.05) is 18.5 Å². The molecule has 1 heterocycles. The van der Waals surface area contributed by atoms with E-state index in [0.717, 1.165) is 0 Å². The first-order chi connectivity index (χ1) is 14.1. The molecule has 0 aliphatic carbocycles. The van der Waals surface area contributed by atoms with Crippen LogP contribution in [0.5, 0.6) is 5.75 Å². The maximum absolute atomic E-state index is 12.0. The van der Waals surface area contributed by atoms with Crippen molar-refractivity contribution in [2.45, 2.75) is 37.3 Å². The summed E-state index contributed by atoms with van der Waals surface area (Å²) in [6, 6.07) is 16.1. The number of rotatable bonds is 8. The molecular weight excluding hydrogens is 374 g/mol. The largest absolute Gasteiger partial charge is 0.494 e. The van der Waals surface area contributed by atoms with Crippen molar-refractivity contribution in [2.24, 2.45) is 0 Å². The Hall–Kier alpha value is -2.45. The van der Waals surface area contributed by atoms with E-state index in [4.69, 9.17) is 9.47 Å². The van der Waals surface area contributed by atoms with Gasteiger partial charge < -0.3 is 30.1 Å². The number of hydrogen-bond acceptors (Lipinski definition) is 6. The highest BCUT2D eigenvalue weighted by molar-refractivity contribution is 5.94. The summed E-state index contributed by atoms with van der Waals surface area (Å²) < 4.78 is 11.4. The van der Waals surface area contributed by atoms with Crippen LogP contribution in [0.2, 0.25) is 0 Å². The smallest absolute Gasteiger partial charge is 0.251 e. The molecule has 4 atom stereocenters. The Balaban J connectivity index is 1.48. The predicted molar refractivity (Wildman–Crippen MR) is 107 cm³/mol. The Morgan fingerprint density at radius 3 is 2.69 bits per heavy atom. The van der Waals surface area contributed by atoms with Crippen molar-refractivity contribution < 1.29 is 29.6 Å². The molecule has 3 rings (SSSR count). The zero-order valence-corrected chi connectivity index (χ0v) is 16.1. The number of amides is 1. The third-order valence-electron chi connectivity index (χ3n) is 4.85. The number of ether oxygens (including phenoxy) is 2. The van der Waals surface area contributed by atoms with Crippen molar-refractivity contribution in [1.29, 1.82) is 0 Å². The molecular formula is C22H27NO6. The first-order valence-electron chi connectivity index (χ1n) is 9.77. The van der Waals surface area contributed by atoms with E-state index in [1.165, 1.54) is 0 Å². The fourth-order valence-electron chi connectivity index (χ4n) is 3.28. The molecule has 7 nitrogen and oxygen atoms in total. The number of carbonyl (C=O) groups is 1. The summed E-state index contributed by atoms with van der Waals surface area (Å²) in [6.45, 7) is 0.682. The maximum Gasteiger partial charge on any atom is 0.251 e. The number of aliphatic hydroxyl groups is 3. The molecule has 0 bridgehead atoms. The zero-order valence-electron chi connectivity index (χ0n) is 16.1. The standard InChI is InChI=1S/C22H27NO6/c24-14-18-13-19(25)20(26)21(29-18)16-8-4-9-17(12-16)28-11-5-10-23-22(27)15-6-2-1-3-7-15/h1-4,6-9,12,18-21,24-26H,5,10-11,13-14H2,(H,23,27)/t18-,19-,20-,21?/m0/s1. The number of benzene rings is 2. The molecule has 1 aliphatic heterocycles. The molecule has 1 saturated heterocycles. The molecule has 0 radical (unpaired) electrons. The van der Waals surface area contributed by atoms with Gasteiger partial charge in [0.15, 0.2) is 0 Å². The van der Waals surface area contributed by atoms with E-state index in [-0.39, 0.29) is 18.9 Å². The van der Waals surface area contributed by atoms with Gasteiger partial charge in [-0.1, -0.05) is 30.3 Å². The van der Waals surface area contributed by atoms with E-state index in [1.807, 2.05) is 18.2 Å². The molecule has 1 aliphatic rings. The van der Waals surface area contributed by atoms with Gasteiger partial charge in [0.05, 0.1) is 25.4 Å². The van der Waals surface area contributed by atoms with Gasteiger partial charge in [-0.3, -0.25) is 4.79 Å². The number of hydrogen-bond donors (Lipinski definition) is 4. The quantitative estimate of drug-likeness (QED) is 0.499. The lowest BCUT2D eigenvalue weighted by atomic mass is 9.93. The zero-order chi connectivity index (χ0) is 20.6. The third-order valence-corrected chi connectivity index (χ3v) is 4.85. The van der Waals surface area contributed by atoms with Gasteiger partial charge in [-0.05, 0) is 36.2 Å². The Morgan fingerprint density at radius 2 is 1.93 bits per heavy atom. The van der Waals surface area contributed by atoms with Gasteiger partial charge in [0.2, 0.25) is 0 Å². The molecule has 0 saturated carbocycles. The first kappa shape index (κ1) is 21.3. The van der Waals surface area contributed by atoms with Crippen LogP contribution >= 0.6 is 0 Å².